The van der Waals surface area contributed by atoms with Gasteiger partial charge in [0.1, 0.15) is 16.5 Å². The van der Waals surface area contributed by atoms with Gasteiger partial charge in [-0.15, -0.1) is 0 Å². The Balaban J connectivity index is 2.00. The van der Waals surface area contributed by atoms with Gasteiger partial charge in [-0.25, -0.2) is 4.79 Å². The zero-order valence-electron chi connectivity index (χ0n) is 12.8. The van der Waals surface area contributed by atoms with Crippen molar-refractivity contribution in [1.82, 2.24) is 9.97 Å². The minimum Gasteiger partial charge on any atom is -0.444 e. The van der Waals surface area contributed by atoms with E-state index in [1.54, 1.807) is 45.0 Å². The van der Waals surface area contributed by atoms with Gasteiger partial charge in [-0.3, -0.25) is 5.32 Å². The van der Waals surface area contributed by atoms with Crippen LogP contribution in [0.25, 0.3) is 0 Å². The Morgan fingerprint density at radius 2 is 1.87 bits per heavy atom. The second-order valence-electron chi connectivity index (χ2n) is 5.55. The summed E-state index contributed by atoms with van der Waals surface area (Å²) in [6.07, 6.45) is -1.54. The highest BCUT2D eigenvalue weighted by atomic mass is 35.5. The number of halogens is 2. The van der Waals surface area contributed by atoms with Crippen molar-refractivity contribution in [3.05, 3.63) is 41.6 Å². The molecule has 0 radical (unpaired) electrons. The third-order valence-corrected chi connectivity index (χ3v) is 2.56. The maximum Gasteiger partial charge on any atom is 0.412 e. The Labute approximate surface area is 137 Å². The molecule has 0 saturated heterocycles. The fourth-order valence-corrected chi connectivity index (χ4v) is 1.73. The van der Waals surface area contributed by atoms with Gasteiger partial charge in [0.2, 0.25) is 5.88 Å². The first kappa shape index (κ1) is 17.0. The molecule has 0 unspecified atom stereocenters. The predicted octanol–water partition coefficient (Wildman–Crippen LogP) is 4.41. The molecule has 122 valence electrons. The number of hydrogen-bond acceptors (Lipinski definition) is 5. The van der Waals surface area contributed by atoms with Crippen LogP contribution in [0.15, 0.2) is 30.3 Å². The van der Waals surface area contributed by atoms with E-state index >= 15 is 0 Å². The van der Waals surface area contributed by atoms with E-state index in [0.29, 0.717) is 11.4 Å². The number of aromatic nitrogens is 2. The normalized spacial score (nSPS) is 11.0. The smallest absolute Gasteiger partial charge is 0.412 e. The molecule has 1 heterocycles. The zero-order valence-corrected chi connectivity index (χ0v) is 13.5. The number of ether oxygens (including phenoxy) is 2. The minimum absolute atomic E-state index is 0.0182. The van der Waals surface area contributed by atoms with Gasteiger partial charge in [0.25, 0.3) is 0 Å². The van der Waals surface area contributed by atoms with Crippen LogP contribution in [-0.2, 0) is 4.74 Å². The molecule has 0 aliphatic rings. The number of carbonyl (C=O) groups excluding carboxylic acids is 1. The first-order chi connectivity index (χ1) is 10.7. The molecular formula is C15H15ClFN3O3. The van der Waals surface area contributed by atoms with Crippen molar-refractivity contribution in [3.63, 3.8) is 0 Å². The number of rotatable bonds is 3. The fourth-order valence-electron chi connectivity index (χ4n) is 1.57. The van der Waals surface area contributed by atoms with Crippen LogP contribution in [0.1, 0.15) is 20.8 Å². The second kappa shape index (κ2) is 6.78. The van der Waals surface area contributed by atoms with E-state index in [4.69, 9.17) is 21.1 Å². The van der Waals surface area contributed by atoms with Crippen molar-refractivity contribution in [1.29, 1.82) is 0 Å². The second-order valence-corrected chi connectivity index (χ2v) is 5.94. The molecule has 0 aliphatic heterocycles. The number of nitrogens with zero attached hydrogens (tertiary/aromatic N) is 2. The van der Waals surface area contributed by atoms with Crippen molar-refractivity contribution >= 4 is 23.4 Å². The van der Waals surface area contributed by atoms with Gasteiger partial charge in [0.05, 0.1) is 0 Å². The van der Waals surface area contributed by atoms with E-state index in [1.807, 2.05) is 0 Å². The van der Waals surface area contributed by atoms with Crippen molar-refractivity contribution in [2.45, 2.75) is 26.4 Å². The van der Waals surface area contributed by atoms with E-state index in [1.165, 1.54) is 6.07 Å². The van der Waals surface area contributed by atoms with Gasteiger partial charge < -0.3 is 9.47 Å². The van der Waals surface area contributed by atoms with Crippen LogP contribution in [0.5, 0.6) is 11.6 Å². The van der Waals surface area contributed by atoms with Gasteiger partial charge in [-0.2, -0.15) is 14.4 Å². The van der Waals surface area contributed by atoms with Crippen molar-refractivity contribution in [2.75, 3.05) is 5.32 Å². The third kappa shape index (κ3) is 5.71. The van der Waals surface area contributed by atoms with Crippen LogP contribution in [0.3, 0.4) is 0 Å². The third-order valence-electron chi connectivity index (χ3n) is 2.37. The molecule has 6 nitrogen and oxygen atoms in total. The summed E-state index contributed by atoms with van der Waals surface area (Å²) in [7, 11) is 0. The summed E-state index contributed by atoms with van der Waals surface area (Å²) in [5, 5.41) is 2.52. The van der Waals surface area contributed by atoms with E-state index < -0.39 is 17.8 Å². The van der Waals surface area contributed by atoms with E-state index in [2.05, 4.69) is 15.3 Å². The monoisotopic (exact) mass is 339 g/mol. The Kier molecular flexibility index (Phi) is 5.00. The average Bonchev–Trinajstić information content (AvgIpc) is 2.37. The van der Waals surface area contributed by atoms with Gasteiger partial charge in [0, 0.05) is 11.8 Å². The quantitative estimate of drug-likeness (QED) is 0.662. The zero-order chi connectivity index (χ0) is 17.0. The van der Waals surface area contributed by atoms with Crippen LogP contribution >= 0.6 is 11.6 Å². The Morgan fingerprint density at radius 1 is 1.22 bits per heavy atom. The molecule has 23 heavy (non-hydrogen) atoms. The number of hydrogen-bond donors (Lipinski definition) is 1. The van der Waals surface area contributed by atoms with Crippen LogP contribution in [0, 0.1) is 6.08 Å². The number of nitrogens with one attached hydrogen (secondary N) is 1. The summed E-state index contributed by atoms with van der Waals surface area (Å²) < 4.78 is 23.5. The predicted molar refractivity (Wildman–Crippen MR) is 83.4 cm³/mol. The van der Waals surface area contributed by atoms with Gasteiger partial charge >= 0.3 is 12.2 Å². The SMILES string of the molecule is CC(C)(C)OC(=O)Nc1ccc(Oc2cc(Cl)nc(F)n2)cc1. The minimum atomic E-state index is -0.976. The maximum atomic E-state index is 13.0. The van der Waals surface area contributed by atoms with Crippen molar-refractivity contribution in [3.8, 4) is 11.6 Å². The summed E-state index contributed by atoms with van der Waals surface area (Å²) in [5.41, 5.74) is -0.0535. The fraction of sp³-hybridized carbons (Fsp3) is 0.267. The number of anilines is 1. The lowest BCUT2D eigenvalue weighted by Gasteiger charge is -2.19. The summed E-state index contributed by atoms with van der Waals surface area (Å²) in [6.45, 7) is 5.32. The molecular weight excluding hydrogens is 325 g/mol. The molecule has 0 fully saturated rings. The van der Waals surface area contributed by atoms with Gasteiger partial charge in [-0.05, 0) is 45.0 Å². The van der Waals surface area contributed by atoms with E-state index in [-0.39, 0.29) is 11.0 Å². The molecule has 0 saturated carbocycles. The van der Waals surface area contributed by atoms with Gasteiger partial charge in [-0.1, -0.05) is 11.6 Å². The van der Waals surface area contributed by atoms with Crippen molar-refractivity contribution < 1.29 is 18.7 Å². The summed E-state index contributed by atoms with van der Waals surface area (Å²) in [4.78, 5) is 18.4. The average molecular weight is 340 g/mol. The maximum absolute atomic E-state index is 13.0. The summed E-state index contributed by atoms with van der Waals surface area (Å²) in [5.74, 6) is 0.379. The number of amides is 1. The molecule has 8 heteroatoms. The molecule has 1 amide bonds. The standard InChI is InChI=1S/C15H15ClFN3O3/c1-15(2,3)23-14(21)18-9-4-6-10(7-5-9)22-12-8-11(16)19-13(17)20-12/h4-8H,1-3H3,(H,18,21). The highest BCUT2D eigenvalue weighted by molar-refractivity contribution is 6.29. The Hall–Kier alpha value is -2.41. The topological polar surface area (TPSA) is 73.3 Å². The summed E-state index contributed by atoms with van der Waals surface area (Å²) >= 11 is 5.62. The Morgan fingerprint density at radius 3 is 2.43 bits per heavy atom. The molecule has 1 N–H and O–H groups in total. The molecule has 2 aromatic rings. The molecule has 1 aromatic heterocycles. The van der Waals surface area contributed by atoms with E-state index in [9.17, 15) is 9.18 Å². The molecule has 0 aliphatic carbocycles. The highest BCUT2D eigenvalue weighted by Crippen LogP contribution is 2.23. The highest BCUT2D eigenvalue weighted by Gasteiger charge is 2.16. The Bertz CT molecular complexity index is 682. The van der Waals surface area contributed by atoms with Crippen LogP contribution in [0.2, 0.25) is 5.15 Å². The van der Waals surface area contributed by atoms with Crippen molar-refractivity contribution in [2.24, 2.45) is 0 Å². The molecule has 2 rings (SSSR count). The first-order valence-electron chi connectivity index (χ1n) is 6.69. The molecule has 0 spiro atoms. The van der Waals surface area contributed by atoms with Crippen LogP contribution in [0.4, 0.5) is 14.9 Å². The van der Waals surface area contributed by atoms with Crippen LogP contribution < -0.4 is 10.1 Å². The van der Waals surface area contributed by atoms with Gasteiger partial charge in [0.15, 0.2) is 0 Å². The number of carbonyl (C=O) groups is 1. The lowest BCUT2D eigenvalue weighted by Crippen LogP contribution is -2.27. The van der Waals surface area contributed by atoms with Crippen LogP contribution in [-0.4, -0.2) is 21.7 Å². The lowest BCUT2D eigenvalue weighted by molar-refractivity contribution is 0.0636. The molecule has 1 aromatic carbocycles. The van der Waals surface area contributed by atoms with E-state index in [0.717, 1.165) is 0 Å². The summed E-state index contributed by atoms with van der Waals surface area (Å²) in [6, 6.07) is 7.68. The first-order valence-corrected chi connectivity index (χ1v) is 7.07. The largest absolute Gasteiger partial charge is 0.444 e. The lowest BCUT2D eigenvalue weighted by atomic mass is 10.2. The number of benzene rings is 1. The molecule has 0 atom stereocenters. The molecule has 0 bridgehead atoms.